The third kappa shape index (κ3) is 3.12. The maximum Gasteiger partial charge on any atom is 0.343 e. The zero-order chi connectivity index (χ0) is 19.1. The van der Waals surface area contributed by atoms with Gasteiger partial charge in [0.25, 0.3) is 0 Å². The number of aromatic nitrogens is 1. The Balaban J connectivity index is 2.34. The first-order valence-electron chi connectivity index (χ1n) is 8.32. The van der Waals surface area contributed by atoms with Crippen LogP contribution in [0.25, 0.3) is 10.9 Å². The number of hydrogen-bond donors (Lipinski definition) is 0. The summed E-state index contributed by atoms with van der Waals surface area (Å²) in [7, 11) is 0. The summed E-state index contributed by atoms with van der Waals surface area (Å²) in [5.74, 6) is -5.35. The SMILES string of the molecule is CCOC(=O)c1cn(C2(CCCI)CC2)c2c(F)c(F)c(F)cc2c1=O. The average molecular weight is 479 g/mol. The second-order valence-corrected chi connectivity index (χ2v) is 7.44. The molecule has 1 heterocycles. The van der Waals surface area contributed by atoms with Gasteiger partial charge in [0.1, 0.15) is 5.56 Å². The third-order valence-corrected chi connectivity index (χ3v) is 5.50. The number of nitrogens with zero attached hydrogens (tertiary/aromatic N) is 1. The zero-order valence-corrected chi connectivity index (χ0v) is 16.2. The summed E-state index contributed by atoms with van der Waals surface area (Å²) < 4.78 is 49.4. The molecule has 0 radical (unpaired) electrons. The molecule has 0 atom stereocenters. The molecule has 0 unspecified atom stereocenters. The van der Waals surface area contributed by atoms with Crippen LogP contribution in [0.3, 0.4) is 0 Å². The van der Waals surface area contributed by atoms with Crippen molar-refractivity contribution in [2.75, 3.05) is 11.0 Å². The van der Waals surface area contributed by atoms with E-state index in [4.69, 9.17) is 4.74 Å². The lowest BCUT2D eigenvalue weighted by molar-refractivity contribution is 0.0524. The number of alkyl halides is 1. The third-order valence-electron chi connectivity index (χ3n) is 4.73. The van der Waals surface area contributed by atoms with Gasteiger partial charge in [0, 0.05) is 11.7 Å². The van der Waals surface area contributed by atoms with E-state index < -0.39 is 34.4 Å². The molecule has 0 aliphatic heterocycles. The van der Waals surface area contributed by atoms with Crippen LogP contribution < -0.4 is 5.43 Å². The Bertz CT molecular complexity index is 938. The van der Waals surface area contributed by atoms with Gasteiger partial charge in [-0.1, -0.05) is 22.6 Å². The van der Waals surface area contributed by atoms with Crippen molar-refractivity contribution < 1.29 is 22.7 Å². The largest absolute Gasteiger partial charge is 0.462 e. The monoisotopic (exact) mass is 479 g/mol. The summed E-state index contributed by atoms with van der Waals surface area (Å²) in [6.45, 7) is 1.65. The van der Waals surface area contributed by atoms with Crippen LogP contribution in [0.2, 0.25) is 0 Å². The van der Waals surface area contributed by atoms with Gasteiger partial charge in [-0.2, -0.15) is 0 Å². The molecule has 0 amide bonds. The summed E-state index contributed by atoms with van der Waals surface area (Å²) >= 11 is 2.23. The lowest BCUT2D eigenvalue weighted by Crippen LogP contribution is -2.27. The molecule has 2 aromatic rings. The number of fused-ring (bicyclic) bond motifs is 1. The van der Waals surface area contributed by atoms with E-state index >= 15 is 0 Å². The van der Waals surface area contributed by atoms with Gasteiger partial charge in [0.15, 0.2) is 17.5 Å². The van der Waals surface area contributed by atoms with Crippen molar-refractivity contribution in [3.8, 4) is 0 Å². The highest BCUT2D eigenvalue weighted by Gasteiger charge is 2.45. The maximum absolute atomic E-state index is 14.6. The van der Waals surface area contributed by atoms with Gasteiger partial charge >= 0.3 is 5.97 Å². The maximum atomic E-state index is 14.6. The summed E-state index contributed by atoms with van der Waals surface area (Å²) in [6, 6.07) is 0.656. The first-order valence-corrected chi connectivity index (χ1v) is 9.85. The summed E-state index contributed by atoms with van der Waals surface area (Å²) in [4.78, 5) is 24.8. The molecule has 8 heteroatoms. The summed E-state index contributed by atoms with van der Waals surface area (Å²) in [5, 5.41) is -0.354. The van der Waals surface area contributed by atoms with E-state index in [1.54, 1.807) is 6.92 Å². The van der Waals surface area contributed by atoms with Crippen molar-refractivity contribution in [2.45, 2.75) is 38.1 Å². The Morgan fingerprint density at radius 3 is 2.58 bits per heavy atom. The molecule has 1 aliphatic rings. The molecule has 1 fully saturated rings. The summed E-state index contributed by atoms with van der Waals surface area (Å²) in [5.41, 5.74) is -1.96. The van der Waals surface area contributed by atoms with Crippen LogP contribution in [0, 0.1) is 17.5 Å². The molecular weight excluding hydrogens is 462 g/mol. The lowest BCUT2D eigenvalue weighted by Gasteiger charge is -2.23. The van der Waals surface area contributed by atoms with Crippen molar-refractivity contribution in [1.29, 1.82) is 0 Å². The molecule has 1 saturated carbocycles. The normalized spacial score (nSPS) is 15.3. The van der Waals surface area contributed by atoms with Crippen LogP contribution in [0.15, 0.2) is 17.1 Å². The first kappa shape index (κ1) is 19.2. The minimum absolute atomic E-state index is 0.0580. The standard InChI is InChI=1S/C18H17F3INO3/c1-2-26-17(25)11-9-23(18(5-6-18)4-3-7-22)15-10(16(11)24)8-12(19)13(20)14(15)21/h8-9H,2-7H2,1H3. The Morgan fingerprint density at radius 1 is 1.31 bits per heavy atom. The van der Waals surface area contributed by atoms with E-state index in [2.05, 4.69) is 22.6 Å². The number of halogens is 4. The number of pyridine rings is 1. The number of ether oxygens (including phenoxy) is 1. The molecule has 0 N–H and O–H groups in total. The van der Waals surface area contributed by atoms with E-state index in [1.165, 1.54) is 10.8 Å². The van der Waals surface area contributed by atoms with Gasteiger partial charge in [-0.15, -0.1) is 0 Å². The van der Waals surface area contributed by atoms with Crippen LogP contribution in [-0.4, -0.2) is 21.6 Å². The van der Waals surface area contributed by atoms with Crippen LogP contribution in [-0.2, 0) is 10.3 Å². The second-order valence-electron chi connectivity index (χ2n) is 6.36. The van der Waals surface area contributed by atoms with Crippen LogP contribution >= 0.6 is 22.6 Å². The van der Waals surface area contributed by atoms with Crippen molar-refractivity contribution in [1.82, 2.24) is 4.57 Å². The minimum atomic E-state index is -1.63. The van der Waals surface area contributed by atoms with Gasteiger partial charge in [-0.3, -0.25) is 4.79 Å². The number of rotatable bonds is 6. The predicted octanol–water partition coefficient (Wildman–Crippen LogP) is 4.30. The van der Waals surface area contributed by atoms with E-state index in [0.717, 1.165) is 10.8 Å². The first-order chi connectivity index (χ1) is 12.4. The van der Waals surface area contributed by atoms with Crippen LogP contribution in [0.1, 0.15) is 43.0 Å². The molecule has 4 nitrogen and oxygen atoms in total. The Hall–Kier alpha value is -1.58. The quantitative estimate of drug-likeness (QED) is 0.269. The van der Waals surface area contributed by atoms with Gasteiger partial charge < -0.3 is 9.30 Å². The van der Waals surface area contributed by atoms with Crippen LogP contribution in [0.5, 0.6) is 0 Å². The van der Waals surface area contributed by atoms with Gasteiger partial charge in [-0.05, 0) is 43.1 Å². The van der Waals surface area contributed by atoms with Crippen molar-refractivity contribution >= 4 is 39.5 Å². The van der Waals surface area contributed by atoms with Gasteiger partial charge in [-0.25, -0.2) is 18.0 Å². The average Bonchev–Trinajstić information content (AvgIpc) is 3.40. The summed E-state index contributed by atoms with van der Waals surface area (Å²) in [6.07, 6.45) is 4.19. The molecule has 0 bridgehead atoms. The minimum Gasteiger partial charge on any atom is -0.462 e. The fraction of sp³-hybridized carbons (Fsp3) is 0.444. The molecule has 26 heavy (non-hydrogen) atoms. The topological polar surface area (TPSA) is 48.3 Å². The number of carbonyl (C=O) groups excluding carboxylic acids is 1. The molecule has 0 spiro atoms. The zero-order valence-electron chi connectivity index (χ0n) is 14.1. The van der Waals surface area contributed by atoms with Crippen molar-refractivity contribution in [3.63, 3.8) is 0 Å². The smallest absolute Gasteiger partial charge is 0.343 e. The molecule has 1 aromatic carbocycles. The molecular formula is C18H17F3INO3. The highest BCUT2D eigenvalue weighted by atomic mass is 127. The van der Waals surface area contributed by atoms with Gasteiger partial charge in [0.05, 0.1) is 17.5 Å². The lowest BCUT2D eigenvalue weighted by atomic mass is 10.1. The Labute approximate surface area is 161 Å². The predicted molar refractivity (Wildman–Crippen MR) is 99.4 cm³/mol. The van der Waals surface area contributed by atoms with Crippen molar-refractivity contribution in [3.05, 3.63) is 45.5 Å². The molecule has 1 aromatic heterocycles. The Morgan fingerprint density at radius 2 is 2.00 bits per heavy atom. The van der Waals surface area contributed by atoms with E-state index in [0.29, 0.717) is 25.3 Å². The molecule has 140 valence electrons. The second kappa shape index (κ2) is 7.21. The highest BCUT2D eigenvalue weighted by Crippen LogP contribution is 2.49. The van der Waals surface area contributed by atoms with Gasteiger partial charge in [0.2, 0.25) is 5.43 Å². The Kier molecular flexibility index (Phi) is 5.32. The molecule has 1 aliphatic carbocycles. The number of carbonyl (C=O) groups is 1. The van der Waals surface area contributed by atoms with E-state index in [1.807, 2.05) is 0 Å². The van der Waals surface area contributed by atoms with E-state index in [-0.39, 0.29) is 23.1 Å². The molecule has 3 rings (SSSR count). The number of hydrogen-bond acceptors (Lipinski definition) is 3. The van der Waals surface area contributed by atoms with Crippen molar-refractivity contribution in [2.24, 2.45) is 0 Å². The van der Waals surface area contributed by atoms with E-state index in [9.17, 15) is 22.8 Å². The van der Waals surface area contributed by atoms with Crippen LogP contribution in [0.4, 0.5) is 13.2 Å². The fourth-order valence-electron chi connectivity index (χ4n) is 3.27. The molecule has 0 saturated heterocycles. The number of benzene rings is 1. The number of esters is 1. The highest BCUT2D eigenvalue weighted by molar-refractivity contribution is 14.1. The fourth-order valence-corrected chi connectivity index (χ4v) is 3.65.